The first-order valence-corrected chi connectivity index (χ1v) is 9.88. The number of hydrogen-bond donors (Lipinski definition) is 0. The molecule has 4 bridgehead atoms. The van der Waals surface area contributed by atoms with Crippen LogP contribution in [0.5, 0.6) is 0 Å². The van der Waals surface area contributed by atoms with Gasteiger partial charge in [0.25, 0.3) is 0 Å². The van der Waals surface area contributed by atoms with Crippen LogP contribution in [0.25, 0.3) is 0 Å². The van der Waals surface area contributed by atoms with E-state index in [0.29, 0.717) is 0 Å². The Morgan fingerprint density at radius 3 is 2.74 bits per heavy atom. The van der Waals surface area contributed by atoms with Crippen molar-refractivity contribution in [3.05, 3.63) is 11.6 Å². The number of hydrogen-bond acceptors (Lipinski definition) is 7. The van der Waals surface area contributed by atoms with E-state index in [1.807, 2.05) is 13.8 Å². The van der Waals surface area contributed by atoms with Crippen molar-refractivity contribution in [2.45, 2.75) is 76.7 Å². The molecule has 7 heteroatoms. The van der Waals surface area contributed by atoms with E-state index in [-0.39, 0.29) is 35.6 Å². The van der Waals surface area contributed by atoms with Gasteiger partial charge in [0.2, 0.25) is 0 Å². The molecule has 6 fully saturated rings. The van der Waals surface area contributed by atoms with Crippen LogP contribution in [-0.2, 0) is 28.7 Å². The standard InChI is InChI=1S/C20H27NO6/c1-11(2)9-14-19-7-6-13-15(20(19)8-5-12(10-19)25-17(20)23)21(26-14)27-18(13,3)16(22)24-4/h9,12-15H,5-8,10H2,1-4H3/t12?,13?,14-,15?,18+,19?,20?/m1/s1. The number of fused-ring (bicyclic) bond motifs is 2. The van der Waals surface area contributed by atoms with E-state index in [4.69, 9.17) is 19.1 Å². The van der Waals surface area contributed by atoms with Crippen LogP contribution in [0, 0.1) is 16.7 Å². The van der Waals surface area contributed by atoms with Gasteiger partial charge in [-0.05, 0) is 52.9 Å². The smallest absolute Gasteiger partial charge is 0.340 e. The highest BCUT2D eigenvalue weighted by Gasteiger charge is 2.81. The molecule has 7 nitrogen and oxygen atoms in total. The number of carbonyl (C=O) groups is 2. The number of allylic oxidation sites excluding steroid dienone is 1. The topological polar surface area (TPSA) is 74.3 Å². The van der Waals surface area contributed by atoms with Gasteiger partial charge in [0.1, 0.15) is 12.2 Å². The molecule has 0 radical (unpaired) electrons. The molecule has 2 aliphatic carbocycles. The van der Waals surface area contributed by atoms with Crippen molar-refractivity contribution in [2.24, 2.45) is 16.7 Å². The normalized spacial score (nSPS) is 50.0. The summed E-state index contributed by atoms with van der Waals surface area (Å²) in [5, 5.41) is 1.45. The Balaban J connectivity index is 1.70. The third-order valence-electron chi connectivity index (χ3n) is 7.82. The highest BCUT2D eigenvalue weighted by molar-refractivity contribution is 5.84. The predicted molar refractivity (Wildman–Crippen MR) is 92.8 cm³/mol. The van der Waals surface area contributed by atoms with E-state index in [9.17, 15) is 9.59 Å². The predicted octanol–water partition coefficient (Wildman–Crippen LogP) is 2.31. The number of rotatable bonds is 2. The van der Waals surface area contributed by atoms with E-state index in [0.717, 1.165) is 37.7 Å². The maximum absolute atomic E-state index is 13.3. The number of methoxy groups -OCH3 is 1. The van der Waals surface area contributed by atoms with Crippen molar-refractivity contribution in [1.29, 1.82) is 0 Å². The summed E-state index contributed by atoms with van der Waals surface area (Å²) in [5.74, 6) is -0.739. The molecule has 6 aliphatic rings. The van der Waals surface area contributed by atoms with Crippen LogP contribution in [0.15, 0.2) is 11.6 Å². The summed E-state index contributed by atoms with van der Waals surface area (Å²) in [5.41, 5.74) is -1.03. The quantitative estimate of drug-likeness (QED) is 0.540. The lowest BCUT2D eigenvalue weighted by atomic mass is 9.41. The second kappa shape index (κ2) is 5.33. The molecule has 27 heavy (non-hydrogen) atoms. The van der Waals surface area contributed by atoms with Gasteiger partial charge in [0.15, 0.2) is 5.60 Å². The summed E-state index contributed by atoms with van der Waals surface area (Å²) in [6, 6.07) is -0.328. The number of esters is 2. The first kappa shape index (κ1) is 17.6. The average molecular weight is 377 g/mol. The lowest BCUT2D eigenvalue weighted by molar-refractivity contribution is -0.453. The van der Waals surface area contributed by atoms with Gasteiger partial charge in [-0.25, -0.2) is 4.79 Å². The van der Waals surface area contributed by atoms with Crippen LogP contribution in [0.4, 0.5) is 0 Å². The molecule has 4 heterocycles. The van der Waals surface area contributed by atoms with Gasteiger partial charge in [-0.2, -0.15) is 0 Å². The Bertz CT molecular complexity index is 747. The summed E-state index contributed by atoms with van der Waals surface area (Å²) in [6.07, 6.45) is 5.85. The van der Waals surface area contributed by atoms with Gasteiger partial charge < -0.3 is 9.47 Å². The first-order chi connectivity index (χ1) is 12.8. The molecule has 2 saturated carbocycles. The zero-order chi connectivity index (χ0) is 19.2. The van der Waals surface area contributed by atoms with Crippen molar-refractivity contribution in [3.63, 3.8) is 0 Å². The maximum Gasteiger partial charge on any atom is 0.340 e. The molecule has 0 aromatic rings. The molecule has 5 unspecified atom stereocenters. The summed E-state index contributed by atoms with van der Waals surface area (Å²) < 4.78 is 10.8. The summed E-state index contributed by atoms with van der Waals surface area (Å²) in [7, 11) is 1.37. The van der Waals surface area contributed by atoms with Crippen LogP contribution in [0.1, 0.15) is 52.9 Å². The summed E-state index contributed by atoms with van der Waals surface area (Å²) in [4.78, 5) is 38.3. The molecule has 6 rings (SSSR count). The van der Waals surface area contributed by atoms with E-state index in [2.05, 4.69) is 6.08 Å². The fourth-order valence-electron chi connectivity index (χ4n) is 6.70. The summed E-state index contributed by atoms with van der Waals surface area (Å²) >= 11 is 0. The van der Waals surface area contributed by atoms with Gasteiger partial charge in [-0.3, -0.25) is 14.5 Å². The third-order valence-corrected chi connectivity index (χ3v) is 7.82. The maximum atomic E-state index is 13.3. The monoisotopic (exact) mass is 377 g/mol. The number of ether oxygens (including phenoxy) is 2. The molecule has 7 atom stereocenters. The minimum atomic E-state index is -1.16. The first-order valence-electron chi connectivity index (χ1n) is 9.88. The van der Waals surface area contributed by atoms with E-state index >= 15 is 0 Å². The molecular weight excluding hydrogens is 350 g/mol. The van der Waals surface area contributed by atoms with E-state index < -0.39 is 17.0 Å². The zero-order valence-electron chi connectivity index (χ0n) is 16.3. The van der Waals surface area contributed by atoms with Crippen molar-refractivity contribution in [1.82, 2.24) is 5.23 Å². The Kier molecular flexibility index (Phi) is 3.49. The van der Waals surface area contributed by atoms with Crippen LogP contribution in [0.2, 0.25) is 0 Å². The molecule has 148 valence electrons. The second-order valence-electron chi connectivity index (χ2n) is 9.23. The van der Waals surface area contributed by atoms with Crippen molar-refractivity contribution >= 4 is 11.9 Å². The average Bonchev–Trinajstić information content (AvgIpc) is 2.95. The highest BCUT2D eigenvalue weighted by Crippen LogP contribution is 2.72. The largest absolute Gasteiger partial charge is 0.467 e. The Hall–Kier alpha value is -1.44. The van der Waals surface area contributed by atoms with Crippen LogP contribution in [0.3, 0.4) is 0 Å². The molecule has 4 aliphatic heterocycles. The number of nitrogens with zero attached hydrogens (tertiary/aromatic N) is 1. The summed E-state index contributed by atoms with van der Waals surface area (Å²) in [6.45, 7) is 5.82. The van der Waals surface area contributed by atoms with Crippen molar-refractivity contribution < 1.29 is 28.7 Å². The Morgan fingerprint density at radius 1 is 1.30 bits per heavy atom. The van der Waals surface area contributed by atoms with Crippen LogP contribution in [-0.4, -0.2) is 48.1 Å². The molecule has 4 saturated heterocycles. The van der Waals surface area contributed by atoms with Crippen molar-refractivity contribution in [3.8, 4) is 0 Å². The third kappa shape index (κ3) is 1.88. The molecule has 0 aromatic carbocycles. The fraction of sp³-hybridized carbons (Fsp3) is 0.800. The molecule has 1 spiro atoms. The van der Waals surface area contributed by atoms with Crippen LogP contribution >= 0.6 is 0 Å². The second-order valence-corrected chi connectivity index (χ2v) is 9.23. The lowest BCUT2D eigenvalue weighted by Gasteiger charge is -2.67. The Morgan fingerprint density at radius 2 is 2.07 bits per heavy atom. The van der Waals surface area contributed by atoms with Gasteiger partial charge in [0, 0.05) is 11.3 Å². The SMILES string of the molecule is COC(=O)[C@@]1(C)ON2O[C@H](C=C(C)C)C34CCC1C2C31CCC(C4)OC1=O. The molecule has 0 N–H and O–H groups in total. The highest BCUT2D eigenvalue weighted by atomic mass is 17.0. The van der Waals surface area contributed by atoms with Crippen molar-refractivity contribution in [2.75, 3.05) is 7.11 Å². The lowest BCUT2D eigenvalue weighted by Crippen LogP contribution is -2.76. The molecule has 0 amide bonds. The number of hydroxylamine groups is 2. The van der Waals surface area contributed by atoms with E-state index in [1.54, 1.807) is 6.92 Å². The molecule has 0 aromatic heterocycles. The minimum absolute atomic E-state index is 0.0338. The van der Waals surface area contributed by atoms with Gasteiger partial charge >= 0.3 is 11.9 Å². The molecular formula is C20H27NO6. The minimum Gasteiger partial charge on any atom is -0.467 e. The van der Waals surface area contributed by atoms with Gasteiger partial charge in [-0.1, -0.05) is 16.9 Å². The number of carbonyl (C=O) groups excluding carboxylic acids is 2. The fourth-order valence-corrected chi connectivity index (χ4v) is 6.70. The van der Waals surface area contributed by atoms with Gasteiger partial charge in [0.05, 0.1) is 18.6 Å². The van der Waals surface area contributed by atoms with E-state index in [1.165, 1.54) is 12.3 Å². The Labute approximate surface area is 158 Å². The zero-order valence-corrected chi connectivity index (χ0v) is 16.3. The van der Waals surface area contributed by atoms with Gasteiger partial charge in [-0.15, -0.1) is 0 Å². The van der Waals surface area contributed by atoms with Crippen LogP contribution < -0.4 is 0 Å².